The van der Waals surface area contributed by atoms with Gasteiger partial charge in [0.1, 0.15) is 10.1 Å². The number of aliphatic hydroxyl groups excluding tert-OH is 1. The predicted octanol–water partition coefficient (Wildman–Crippen LogP) is 3.45. The van der Waals surface area contributed by atoms with Crippen LogP contribution < -0.4 is 0 Å². The largest absolute Gasteiger partial charge is 0.417 e. The number of thiazole rings is 1. The lowest BCUT2D eigenvalue weighted by molar-refractivity contribution is -0.137. The molecule has 0 radical (unpaired) electrons. The van der Waals surface area contributed by atoms with Crippen molar-refractivity contribution in [1.82, 2.24) is 14.4 Å². The third-order valence-corrected chi connectivity index (χ3v) is 4.47. The fraction of sp³-hybridized carbons (Fsp3) is 0.167. The van der Waals surface area contributed by atoms with Crippen LogP contribution in [0.5, 0.6) is 0 Å². The average Bonchev–Trinajstić information content (AvgIpc) is 2.98. The molecule has 3 heterocycles. The lowest BCUT2D eigenvalue weighted by Crippen LogP contribution is -2.05. The molecule has 0 aliphatic carbocycles. The Hall–Kier alpha value is -1.58. The van der Waals surface area contributed by atoms with Gasteiger partial charge in [0.15, 0.2) is 4.96 Å². The second kappa shape index (κ2) is 5.32. The van der Waals surface area contributed by atoms with Gasteiger partial charge in [-0.2, -0.15) is 13.2 Å². The Labute approximate surface area is 125 Å². The Balaban J connectivity index is 1.89. The Morgan fingerprint density at radius 3 is 2.76 bits per heavy atom. The Bertz CT molecular complexity index is 764. The van der Waals surface area contributed by atoms with Crippen molar-refractivity contribution in [2.24, 2.45) is 0 Å². The Morgan fingerprint density at radius 1 is 1.33 bits per heavy atom. The van der Waals surface area contributed by atoms with Gasteiger partial charge >= 0.3 is 6.18 Å². The summed E-state index contributed by atoms with van der Waals surface area (Å²) in [5.41, 5.74) is -0.196. The van der Waals surface area contributed by atoms with E-state index in [9.17, 15) is 18.3 Å². The van der Waals surface area contributed by atoms with Crippen LogP contribution in [-0.4, -0.2) is 19.5 Å². The monoisotopic (exact) mass is 331 g/mol. The van der Waals surface area contributed by atoms with Crippen molar-refractivity contribution in [3.63, 3.8) is 0 Å². The van der Waals surface area contributed by atoms with Gasteiger partial charge in [0.2, 0.25) is 0 Å². The third-order valence-electron chi connectivity index (χ3n) is 2.74. The molecule has 0 amide bonds. The highest BCUT2D eigenvalue weighted by Crippen LogP contribution is 2.33. The highest BCUT2D eigenvalue weighted by atomic mass is 32.2. The van der Waals surface area contributed by atoms with Crippen molar-refractivity contribution in [3.05, 3.63) is 41.2 Å². The highest BCUT2D eigenvalue weighted by Gasteiger charge is 2.30. The standard InChI is InChI=1S/C12H8F3N3OS2/c13-12(14,15)7-1-2-9(16-5-7)21-10-8(6-19)18-3-4-20-11(18)17-10/h1-5,19H,6H2. The molecule has 0 saturated carbocycles. The van der Waals surface area contributed by atoms with E-state index < -0.39 is 11.7 Å². The summed E-state index contributed by atoms with van der Waals surface area (Å²) in [6, 6.07) is 2.27. The van der Waals surface area contributed by atoms with Gasteiger partial charge < -0.3 is 5.11 Å². The maximum atomic E-state index is 12.5. The minimum Gasteiger partial charge on any atom is -0.390 e. The number of alkyl halides is 3. The van der Waals surface area contributed by atoms with E-state index in [-0.39, 0.29) is 6.61 Å². The second-order valence-corrected chi connectivity index (χ2v) is 5.94. The molecule has 0 fully saturated rings. The van der Waals surface area contributed by atoms with Crippen LogP contribution in [-0.2, 0) is 12.8 Å². The van der Waals surface area contributed by atoms with E-state index in [1.54, 1.807) is 10.6 Å². The van der Waals surface area contributed by atoms with Crippen LogP contribution in [0.3, 0.4) is 0 Å². The number of hydrogen-bond donors (Lipinski definition) is 1. The average molecular weight is 331 g/mol. The summed E-state index contributed by atoms with van der Waals surface area (Å²) < 4.78 is 39.2. The number of halogens is 3. The molecule has 0 aliphatic heterocycles. The summed E-state index contributed by atoms with van der Waals surface area (Å²) in [5.74, 6) is 0. The molecule has 3 aromatic rings. The van der Waals surface area contributed by atoms with E-state index in [2.05, 4.69) is 9.97 Å². The molecule has 4 nitrogen and oxygen atoms in total. The SMILES string of the molecule is OCc1c(Sc2ccc(C(F)(F)F)cn2)nc2sccn12. The van der Waals surface area contributed by atoms with Crippen molar-refractivity contribution in [1.29, 1.82) is 0 Å². The number of aliphatic hydroxyl groups is 1. The maximum Gasteiger partial charge on any atom is 0.417 e. The molecule has 0 spiro atoms. The van der Waals surface area contributed by atoms with Crippen molar-refractivity contribution in [3.8, 4) is 0 Å². The highest BCUT2D eigenvalue weighted by molar-refractivity contribution is 7.99. The molecule has 0 aromatic carbocycles. The van der Waals surface area contributed by atoms with Gasteiger partial charge in [-0.1, -0.05) is 0 Å². The molecule has 1 N–H and O–H groups in total. The van der Waals surface area contributed by atoms with Crippen molar-refractivity contribution < 1.29 is 18.3 Å². The van der Waals surface area contributed by atoms with Gasteiger partial charge in [0, 0.05) is 17.8 Å². The number of nitrogens with zero attached hydrogens (tertiary/aromatic N) is 3. The molecule has 110 valence electrons. The number of fused-ring (bicyclic) bond motifs is 1. The zero-order chi connectivity index (χ0) is 15.0. The summed E-state index contributed by atoms with van der Waals surface area (Å²) in [7, 11) is 0. The van der Waals surface area contributed by atoms with Crippen LogP contribution in [0, 0.1) is 0 Å². The van der Waals surface area contributed by atoms with Crippen LogP contribution in [0.4, 0.5) is 13.2 Å². The van der Waals surface area contributed by atoms with Gasteiger partial charge in [0.05, 0.1) is 17.9 Å². The van der Waals surface area contributed by atoms with E-state index in [1.807, 2.05) is 5.38 Å². The van der Waals surface area contributed by atoms with Gasteiger partial charge in [0.25, 0.3) is 0 Å². The fourth-order valence-electron chi connectivity index (χ4n) is 1.75. The van der Waals surface area contributed by atoms with E-state index in [4.69, 9.17) is 0 Å². The van der Waals surface area contributed by atoms with Crippen LogP contribution in [0.25, 0.3) is 4.96 Å². The van der Waals surface area contributed by atoms with Crippen molar-refractivity contribution in [2.75, 3.05) is 0 Å². The van der Waals surface area contributed by atoms with Gasteiger partial charge in [-0.25, -0.2) is 9.97 Å². The Kier molecular flexibility index (Phi) is 3.64. The topological polar surface area (TPSA) is 50.4 Å². The number of rotatable bonds is 3. The second-order valence-electron chi connectivity index (χ2n) is 4.06. The quantitative estimate of drug-likeness (QED) is 0.799. The molecule has 0 unspecified atom stereocenters. The smallest absolute Gasteiger partial charge is 0.390 e. The molecular formula is C12H8F3N3OS2. The molecule has 3 rings (SSSR count). The lowest BCUT2D eigenvalue weighted by Gasteiger charge is -2.06. The minimum atomic E-state index is -4.40. The van der Waals surface area contributed by atoms with E-state index in [0.29, 0.717) is 20.7 Å². The van der Waals surface area contributed by atoms with Gasteiger partial charge in [-0.15, -0.1) is 11.3 Å². The molecule has 0 bridgehead atoms. The summed E-state index contributed by atoms with van der Waals surface area (Å²) in [5, 5.41) is 12.2. The maximum absolute atomic E-state index is 12.5. The lowest BCUT2D eigenvalue weighted by atomic mass is 10.3. The molecule has 0 saturated heterocycles. The minimum absolute atomic E-state index is 0.207. The summed E-state index contributed by atoms with van der Waals surface area (Å²) in [6.45, 7) is -0.207. The zero-order valence-corrected chi connectivity index (χ0v) is 12.0. The molecule has 0 atom stereocenters. The summed E-state index contributed by atoms with van der Waals surface area (Å²) in [6.07, 6.45) is -1.83. The van der Waals surface area contributed by atoms with Crippen LogP contribution in [0.15, 0.2) is 40.0 Å². The summed E-state index contributed by atoms with van der Waals surface area (Å²) >= 11 is 2.54. The van der Waals surface area contributed by atoms with Crippen molar-refractivity contribution >= 4 is 28.1 Å². The number of hydrogen-bond acceptors (Lipinski definition) is 5. The normalized spacial score (nSPS) is 12.2. The number of imidazole rings is 1. The van der Waals surface area contributed by atoms with Gasteiger partial charge in [-0.3, -0.25) is 4.40 Å². The van der Waals surface area contributed by atoms with Crippen molar-refractivity contribution in [2.45, 2.75) is 22.8 Å². The first-order valence-electron chi connectivity index (χ1n) is 5.75. The number of aromatic nitrogens is 3. The van der Waals surface area contributed by atoms with Crippen LogP contribution in [0.2, 0.25) is 0 Å². The Morgan fingerprint density at radius 2 is 2.14 bits per heavy atom. The first kappa shape index (κ1) is 14.4. The van der Waals surface area contributed by atoms with Crippen LogP contribution >= 0.6 is 23.1 Å². The molecule has 0 aliphatic rings. The van der Waals surface area contributed by atoms with E-state index >= 15 is 0 Å². The first-order chi connectivity index (χ1) is 9.99. The molecule has 9 heteroatoms. The van der Waals surface area contributed by atoms with E-state index in [0.717, 1.165) is 24.0 Å². The molecule has 3 aromatic heterocycles. The fourth-order valence-corrected chi connectivity index (χ4v) is 3.39. The van der Waals surface area contributed by atoms with Crippen LogP contribution in [0.1, 0.15) is 11.3 Å². The predicted molar refractivity (Wildman–Crippen MR) is 72.4 cm³/mol. The van der Waals surface area contributed by atoms with E-state index in [1.165, 1.54) is 17.4 Å². The zero-order valence-electron chi connectivity index (χ0n) is 10.3. The third kappa shape index (κ3) is 2.76. The van der Waals surface area contributed by atoms with Gasteiger partial charge in [-0.05, 0) is 23.9 Å². The first-order valence-corrected chi connectivity index (χ1v) is 7.45. The summed E-state index contributed by atoms with van der Waals surface area (Å²) in [4.78, 5) is 8.83. The molecule has 21 heavy (non-hydrogen) atoms. The molecular weight excluding hydrogens is 323 g/mol. The number of pyridine rings is 1.